The van der Waals surface area contributed by atoms with E-state index in [0.717, 1.165) is 12.1 Å². The van der Waals surface area contributed by atoms with Gasteiger partial charge in [-0.05, 0) is 24.3 Å². The van der Waals surface area contributed by atoms with Gasteiger partial charge in [0.25, 0.3) is 0 Å². The van der Waals surface area contributed by atoms with E-state index in [1.807, 2.05) is 0 Å². The van der Waals surface area contributed by atoms with Crippen molar-refractivity contribution in [3.63, 3.8) is 0 Å². The fourth-order valence-corrected chi connectivity index (χ4v) is 0.979. The molecule has 0 amide bonds. The Morgan fingerprint density at radius 1 is 1.24 bits per heavy atom. The Morgan fingerprint density at radius 2 is 1.81 bits per heavy atom. The first-order valence-corrected chi connectivity index (χ1v) is 5.63. The molecule has 1 aromatic carbocycles. The van der Waals surface area contributed by atoms with Crippen LogP contribution in [-0.4, -0.2) is 54.6 Å². The average Bonchev–Trinajstić information content (AvgIpc) is 2.41. The number of benzene rings is 1. The Kier molecular flexibility index (Phi) is 9.51. The fourth-order valence-electron chi connectivity index (χ4n) is 0.979. The number of nitrogens with one attached hydrogen (secondary N) is 1. The zero-order chi connectivity index (χ0) is 16.3. The van der Waals surface area contributed by atoms with Gasteiger partial charge in [0.1, 0.15) is 11.6 Å². The molecule has 0 unspecified atom stereocenters. The third-order valence-electron chi connectivity index (χ3n) is 1.83. The summed E-state index contributed by atoms with van der Waals surface area (Å²) in [6.45, 7) is -0.294. The number of carboxylic acids is 1. The Labute approximate surface area is 120 Å². The van der Waals surface area contributed by atoms with Crippen LogP contribution in [0.4, 0.5) is 4.39 Å². The molecule has 0 radical (unpaired) electrons. The van der Waals surface area contributed by atoms with Crippen molar-refractivity contribution in [2.45, 2.75) is 0 Å². The summed E-state index contributed by atoms with van der Waals surface area (Å²) >= 11 is 0. The largest absolute Gasteiger partial charge is 0.707 e. The summed E-state index contributed by atoms with van der Waals surface area (Å²) < 4.78 is 20.9. The van der Waals surface area contributed by atoms with Gasteiger partial charge in [-0.2, -0.15) is 0 Å². The molecule has 21 heavy (non-hydrogen) atoms. The molecule has 0 atom stereocenters. The van der Waals surface area contributed by atoms with E-state index in [2.05, 4.69) is 14.7 Å². The van der Waals surface area contributed by atoms with Crippen LogP contribution >= 0.6 is 0 Å². The molecular weight excluding hydrogens is 288 g/mol. The van der Waals surface area contributed by atoms with Crippen molar-refractivity contribution >= 4 is 19.3 Å². The average molecular weight is 303 g/mol. The molecule has 0 saturated carbocycles. The molecule has 8 nitrogen and oxygen atoms in total. The first-order valence-electron chi connectivity index (χ1n) is 5.63. The lowest BCUT2D eigenvalue weighted by Crippen LogP contribution is -2.28. The molecule has 116 valence electrons. The maximum Gasteiger partial charge on any atom is 0.707 e. The number of carbonyl (C=O) groups is 2. The minimum Gasteiger partial charge on any atom is -0.512 e. The van der Waals surface area contributed by atoms with Gasteiger partial charge in [0.2, 0.25) is 0 Å². The highest BCUT2D eigenvalue weighted by atomic mass is 19.1. The zero-order valence-electron chi connectivity index (χ0n) is 11.2. The van der Waals surface area contributed by atoms with Gasteiger partial charge >= 0.3 is 19.3 Å². The summed E-state index contributed by atoms with van der Waals surface area (Å²) in [6.07, 6.45) is 0. The Bertz CT molecular complexity index is 441. The Balaban J connectivity index is 0.000000384. The second-order valence-electron chi connectivity index (χ2n) is 3.47. The molecule has 0 heterocycles. The number of aliphatic carboxylic acids is 1. The van der Waals surface area contributed by atoms with E-state index in [1.54, 1.807) is 0 Å². The lowest BCUT2D eigenvalue weighted by atomic mass is 10.2. The first-order chi connectivity index (χ1) is 9.85. The minimum atomic E-state index is -1.86. The normalized spacial score (nSPS) is 9.14. The molecule has 0 aromatic heterocycles. The van der Waals surface area contributed by atoms with E-state index in [-0.39, 0.29) is 18.8 Å². The van der Waals surface area contributed by atoms with E-state index in [4.69, 9.17) is 15.2 Å². The number of methoxy groups -OCH3 is 1. The lowest BCUT2D eigenvalue weighted by molar-refractivity contribution is -0.140. The molecule has 0 saturated heterocycles. The highest BCUT2D eigenvalue weighted by molar-refractivity contribution is 6.33. The maximum atomic E-state index is 12.2. The fraction of sp³-hybridized carbons (Fsp3) is 0.273. The second-order valence-corrected chi connectivity index (χ2v) is 3.47. The van der Waals surface area contributed by atoms with Gasteiger partial charge in [-0.3, -0.25) is 14.9 Å². The third kappa shape index (κ3) is 11.4. The zero-order valence-corrected chi connectivity index (χ0v) is 11.2. The van der Waals surface area contributed by atoms with Gasteiger partial charge in [0.15, 0.2) is 0 Å². The molecule has 0 aliphatic heterocycles. The molecule has 0 bridgehead atoms. The van der Waals surface area contributed by atoms with Crippen LogP contribution in [0.2, 0.25) is 0 Å². The van der Waals surface area contributed by atoms with Crippen LogP contribution in [0.15, 0.2) is 24.3 Å². The van der Waals surface area contributed by atoms with Crippen LogP contribution in [0, 0.1) is 5.82 Å². The SMILES string of the molecule is COC(=O)CNCC(=O)O.OB(O)Oc1ccc(F)cc1. The van der Waals surface area contributed by atoms with Crippen molar-refractivity contribution in [3.05, 3.63) is 30.1 Å². The summed E-state index contributed by atoms with van der Waals surface area (Å²) in [6, 6.07) is 4.93. The van der Waals surface area contributed by atoms with Crippen molar-refractivity contribution in [2.24, 2.45) is 0 Å². The molecule has 0 fully saturated rings. The molecule has 1 aromatic rings. The van der Waals surface area contributed by atoms with Crippen molar-refractivity contribution < 1.29 is 38.5 Å². The van der Waals surface area contributed by atoms with Crippen LogP contribution in [0.3, 0.4) is 0 Å². The van der Waals surface area contributed by atoms with E-state index >= 15 is 0 Å². The number of carboxylic acid groups (broad SMARTS) is 1. The summed E-state index contributed by atoms with van der Waals surface area (Å²) in [5, 5.41) is 27.1. The van der Waals surface area contributed by atoms with Crippen molar-refractivity contribution in [1.29, 1.82) is 0 Å². The number of hydrogen-bond donors (Lipinski definition) is 4. The predicted octanol–water partition coefficient (Wildman–Crippen LogP) is -0.992. The highest BCUT2D eigenvalue weighted by Gasteiger charge is 2.10. The van der Waals surface area contributed by atoms with Crippen LogP contribution in [0.1, 0.15) is 0 Å². The summed E-state index contributed by atoms with van der Waals surface area (Å²) in [7, 11) is -0.620. The summed E-state index contributed by atoms with van der Waals surface area (Å²) in [5.41, 5.74) is 0. The van der Waals surface area contributed by atoms with E-state index in [0.29, 0.717) is 0 Å². The molecule has 1 rings (SSSR count). The summed E-state index contributed by atoms with van der Waals surface area (Å²) in [4.78, 5) is 20.2. The quantitative estimate of drug-likeness (QED) is 0.390. The van der Waals surface area contributed by atoms with Crippen LogP contribution in [-0.2, 0) is 14.3 Å². The van der Waals surface area contributed by atoms with E-state index in [9.17, 15) is 14.0 Å². The second kappa shape index (κ2) is 10.6. The van der Waals surface area contributed by atoms with Crippen molar-refractivity contribution in [2.75, 3.05) is 20.2 Å². The van der Waals surface area contributed by atoms with Crippen LogP contribution < -0.4 is 9.97 Å². The number of hydrogen-bond acceptors (Lipinski definition) is 7. The molecule has 0 spiro atoms. The summed E-state index contributed by atoms with van der Waals surface area (Å²) in [5.74, 6) is -1.66. The third-order valence-corrected chi connectivity index (χ3v) is 1.83. The van der Waals surface area contributed by atoms with Gasteiger partial charge in [0.05, 0.1) is 20.2 Å². The number of ether oxygens (including phenoxy) is 1. The van der Waals surface area contributed by atoms with Crippen LogP contribution in [0.5, 0.6) is 5.75 Å². The van der Waals surface area contributed by atoms with Crippen LogP contribution in [0.25, 0.3) is 0 Å². The Hall–Kier alpha value is -2.17. The standard InChI is InChI=1S/C6H6BFO3.C5H9NO4/c8-5-1-3-6(4-2-5)11-7(9)10;1-10-5(9)3-6-2-4(7)8/h1-4,9-10H;6H,2-3H2,1H3,(H,7,8). The lowest BCUT2D eigenvalue weighted by Gasteiger charge is -2.02. The number of halogens is 1. The van der Waals surface area contributed by atoms with Crippen molar-refractivity contribution in [1.82, 2.24) is 5.32 Å². The molecule has 4 N–H and O–H groups in total. The van der Waals surface area contributed by atoms with E-state index < -0.39 is 25.1 Å². The molecule has 0 aliphatic carbocycles. The topological polar surface area (TPSA) is 125 Å². The van der Waals surface area contributed by atoms with Gasteiger partial charge in [-0.25, -0.2) is 4.39 Å². The Morgan fingerprint density at radius 3 is 2.24 bits per heavy atom. The van der Waals surface area contributed by atoms with Gasteiger partial charge in [-0.1, -0.05) is 0 Å². The molecule has 10 heteroatoms. The number of esters is 1. The van der Waals surface area contributed by atoms with Gasteiger partial charge in [-0.15, -0.1) is 0 Å². The highest BCUT2D eigenvalue weighted by Crippen LogP contribution is 2.10. The van der Waals surface area contributed by atoms with Gasteiger partial charge in [0, 0.05) is 0 Å². The monoisotopic (exact) mass is 303 g/mol. The van der Waals surface area contributed by atoms with Crippen molar-refractivity contribution in [3.8, 4) is 5.75 Å². The first kappa shape index (κ1) is 18.8. The van der Waals surface area contributed by atoms with E-state index in [1.165, 1.54) is 19.2 Å². The predicted molar refractivity (Wildman–Crippen MR) is 69.7 cm³/mol. The minimum absolute atomic E-state index is 0.0667. The number of carbonyl (C=O) groups excluding carboxylic acids is 1. The molecular formula is C11H15BFNO7. The maximum absolute atomic E-state index is 12.2. The van der Waals surface area contributed by atoms with Gasteiger partial charge < -0.3 is 24.5 Å². The number of rotatable bonds is 6. The smallest absolute Gasteiger partial charge is 0.512 e. The molecule has 0 aliphatic rings.